The zero-order valence-corrected chi connectivity index (χ0v) is 4.66. The van der Waals surface area contributed by atoms with Crippen molar-refractivity contribution in [3.8, 4) is 0 Å². The van der Waals surface area contributed by atoms with Gasteiger partial charge in [0, 0.05) is 0 Å². The van der Waals surface area contributed by atoms with Gasteiger partial charge in [-0.2, -0.15) is 0 Å². The molecule has 0 radical (unpaired) electrons. The third-order valence-corrected chi connectivity index (χ3v) is 1.21. The normalized spacial score (nSPS) is 13.1. The van der Waals surface area contributed by atoms with E-state index in [1.165, 1.54) is 0 Å². The summed E-state index contributed by atoms with van der Waals surface area (Å²) in [6.07, 6.45) is 0. The van der Waals surface area contributed by atoms with E-state index in [1.54, 1.807) is 13.8 Å². The Labute approximate surface area is 76.0 Å². The summed E-state index contributed by atoms with van der Waals surface area (Å²) in [6.45, 7) is 3.38. The number of hydrogen-bond donors (Lipinski definition) is 1. The Hall–Kier alpha value is 1.37. The maximum absolute atomic E-state index is 9.81. The van der Waals surface area contributed by atoms with Gasteiger partial charge in [-0.15, -0.1) is 0 Å². The van der Waals surface area contributed by atoms with Crippen molar-refractivity contribution in [3.63, 3.8) is 0 Å². The van der Waals surface area contributed by atoms with E-state index in [0.29, 0.717) is 0 Å². The Morgan fingerprint density at radius 3 is 1.71 bits per heavy atom. The van der Waals surface area contributed by atoms with Gasteiger partial charge in [-0.25, -0.2) is 4.21 Å². The van der Waals surface area contributed by atoms with Crippen molar-refractivity contribution in [1.82, 2.24) is 0 Å². The Kier molecular flexibility index (Phi) is 8.81. The summed E-state index contributed by atoms with van der Waals surface area (Å²) in [5, 5.41) is -0.120. The minimum absolute atomic E-state index is 0. The van der Waals surface area contributed by atoms with E-state index < -0.39 is 11.1 Å². The molecule has 1 unspecified atom stereocenters. The summed E-state index contributed by atoms with van der Waals surface area (Å²) in [4.78, 5) is 0. The average molecular weight is 150 g/mol. The van der Waals surface area contributed by atoms with Crippen molar-refractivity contribution in [3.05, 3.63) is 0 Å². The fraction of sp³-hybridized carbons (Fsp3) is 1.00. The van der Waals surface area contributed by atoms with Gasteiger partial charge in [-0.05, 0) is 13.8 Å². The second-order valence-electron chi connectivity index (χ2n) is 1.32. The molecule has 0 aromatic rings. The van der Waals surface area contributed by atoms with Crippen LogP contribution in [-0.2, 0) is 11.1 Å². The van der Waals surface area contributed by atoms with E-state index >= 15 is 0 Å². The second kappa shape index (κ2) is 5.51. The van der Waals surface area contributed by atoms with Crippen molar-refractivity contribution >= 4 is 48.8 Å². The summed E-state index contributed by atoms with van der Waals surface area (Å²) in [7, 11) is 0. The van der Waals surface area contributed by atoms with Gasteiger partial charge in [0.05, 0.1) is 5.25 Å². The summed E-state index contributed by atoms with van der Waals surface area (Å²) in [5.41, 5.74) is 0. The van der Waals surface area contributed by atoms with Gasteiger partial charge >= 0.3 is 37.7 Å². The third kappa shape index (κ3) is 7.37. The van der Waals surface area contributed by atoms with Crippen LogP contribution in [0.2, 0.25) is 0 Å². The van der Waals surface area contributed by atoms with Crippen molar-refractivity contribution in [1.29, 1.82) is 0 Å². The Bertz CT molecular complexity index is 64.0. The van der Waals surface area contributed by atoms with Gasteiger partial charge in [0.25, 0.3) is 0 Å². The molecule has 0 amide bonds. The summed E-state index contributed by atoms with van der Waals surface area (Å²) >= 11 is -1.62. The molecule has 0 spiro atoms. The van der Waals surface area contributed by atoms with Crippen molar-refractivity contribution < 1.29 is 8.76 Å². The van der Waals surface area contributed by atoms with E-state index in [0.717, 1.165) is 0 Å². The molecule has 0 aromatic heterocycles. The van der Waals surface area contributed by atoms with Crippen LogP contribution in [0.25, 0.3) is 0 Å². The average Bonchev–Trinajstić information content (AvgIpc) is 1.36. The van der Waals surface area contributed by atoms with Gasteiger partial charge in [0.2, 0.25) is 0 Å². The minimum atomic E-state index is -1.62. The van der Waals surface area contributed by atoms with E-state index in [1.807, 2.05) is 0 Å². The van der Waals surface area contributed by atoms with Gasteiger partial charge < -0.3 is 4.55 Å². The maximum atomic E-state index is 9.81. The second-order valence-corrected chi connectivity index (χ2v) is 2.82. The molecule has 1 atom stereocenters. The van der Waals surface area contributed by atoms with Crippen molar-refractivity contribution in [2.75, 3.05) is 0 Å². The van der Waals surface area contributed by atoms with Gasteiger partial charge in [-0.3, -0.25) is 0 Å². The zero-order chi connectivity index (χ0) is 5.15. The Balaban J connectivity index is 0. The van der Waals surface area contributed by atoms with Crippen LogP contribution in [0.1, 0.15) is 13.8 Å². The van der Waals surface area contributed by atoms with Gasteiger partial charge in [0.1, 0.15) is 0 Å². The molecule has 0 rings (SSSR count). The summed E-state index contributed by atoms with van der Waals surface area (Å²) in [6, 6.07) is 0. The van der Waals surface area contributed by atoms with Crippen molar-refractivity contribution in [2.45, 2.75) is 19.1 Å². The summed E-state index contributed by atoms with van der Waals surface area (Å²) in [5.74, 6) is 0. The fourth-order valence-corrected chi connectivity index (χ4v) is 0. The molecule has 0 saturated carbocycles. The standard InChI is InChI=1S/C3H8O2S.Ca.2H/c1-3(2)6(4)5;;;/h3H,1-2H3,(H,4,5);;;. The monoisotopic (exact) mass is 150 g/mol. The zero-order valence-electron chi connectivity index (χ0n) is 3.84. The molecule has 0 bridgehead atoms. The Morgan fingerprint density at radius 2 is 1.71 bits per heavy atom. The molecule has 0 aliphatic heterocycles. The predicted molar refractivity (Wildman–Crippen MR) is 34.5 cm³/mol. The van der Waals surface area contributed by atoms with E-state index in [4.69, 9.17) is 4.55 Å². The first kappa shape index (κ1) is 11.2. The molecule has 1 N–H and O–H groups in total. The van der Waals surface area contributed by atoms with Gasteiger partial charge in [0.15, 0.2) is 11.1 Å². The molecule has 0 aromatic carbocycles. The molecular weight excluding hydrogens is 140 g/mol. The van der Waals surface area contributed by atoms with Crippen LogP contribution in [-0.4, -0.2) is 51.7 Å². The SMILES string of the molecule is CC(C)S(=O)O.[CaH2]. The number of hydrogen-bond acceptors (Lipinski definition) is 1. The molecule has 7 heavy (non-hydrogen) atoms. The molecule has 0 aliphatic rings. The van der Waals surface area contributed by atoms with Crippen molar-refractivity contribution in [2.24, 2.45) is 0 Å². The van der Waals surface area contributed by atoms with Crippen LogP contribution in [0.15, 0.2) is 0 Å². The third-order valence-electron chi connectivity index (χ3n) is 0.403. The first-order valence-corrected chi connectivity index (χ1v) is 2.91. The molecule has 0 saturated heterocycles. The number of rotatable bonds is 1. The Morgan fingerprint density at radius 1 is 1.57 bits per heavy atom. The first-order chi connectivity index (χ1) is 2.64. The van der Waals surface area contributed by atoms with Crippen LogP contribution < -0.4 is 0 Å². The first-order valence-electron chi connectivity index (χ1n) is 1.74. The molecule has 42 valence electrons. The van der Waals surface area contributed by atoms with E-state index in [-0.39, 0.29) is 43.0 Å². The molecule has 0 fully saturated rings. The molecule has 0 heterocycles. The predicted octanol–water partition coefficient (Wildman–Crippen LogP) is -0.300. The van der Waals surface area contributed by atoms with E-state index in [9.17, 15) is 4.21 Å². The van der Waals surface area contributed by atoms with Crippen LogP contribution in [0.3, 0.4) is 0 Å². The molecular formula is C3H10CaO2S. The molecule has 0 aliphatic carbocycles. The quantitative estimate of drug-likeness (QED) is 0.411. The van der Waals surface area contributed by atoms with Crippen LogP contribution in [0.5, 0.6) is 0 Å². The van der Waals surface area contributed by atoms with Crippen LogP contribution in [0.4, 0.5) is 0 Å². The van der Waals surface area contributed by atoms with E-state index in [2.05, 4.69) is 0 Å². The fourth-order valence-electron chi connectivity index (χ4n) is 0. The summed E-state index contributed by atoms with van der Waals surface area (Å²) < 4.78 is 17.9. The van der Waals surface area contributed by atoms with Crippen LogP contribution in [0, 0.1) is 0 Å². The van der Waals surface area contributed by atoms with Gasteiger partial charge in [-0.1, -0.05) is 0 Å². The van der Waals surface area contributed by atoms with Crippen LogP contribution >= 0.6 is 0 Å². The molecule has 2 nitrogen and oxygen atoms in total. The topological polar surface area (TPSA) is 37.3 Å². The molecule has 4 heteroatoms.